The quantitative estimate of drug-likeness (QED) is 0.259. The van der Waals surface area contributed by atoms with Crippen LogP contribution in [0.2, 0.25) is 10.0 Å². The van der Waals surface area contributed by atoms with Crippen molar-refractivity contribution in [1.29, 1.82) is 0 Å². The molecule has 0 aliphatic carbocycles. The van der Waals surface area contributed by atoms with E-state index in [0.717, 1.165) is 0 Å². The average molecular weight is 587 g/mol. The number of aliphatic carboxylic acids is 1. The summed E-state index contributed by atoms with van der Waals surface area (Å²) < 4.78 is 5.54. The maximum Gasteiger partial charge on any atom is 0.311 e. The molecule has 40 heavy (non-hydrogen) atoms. The number of carboxylic acid groups (broad SMARTS) is 1. The predicted molar refractivity (Wildman–Crippen MR) is 158 cm³/mol. The fourth-order valence-corrected chi connectivity index (χ4v) is 4.78. The highest BCUT2D eigenvalue weighted by Gasteiger charge is 2.27. The van der Waals surface area contributed by atoms with Crippen LogP contribution in [0.5, 0.6) is 5.75 Å². The third-order valence-corrected chi connectivity index (χ3v) is 6.83. The summed E-state index contributed by atoms with van der Waals surface area (Å²) in [4.78, 5) is 44.1. The van der Waals surface area contributed by atoms with Gasteiger partial charge in [-0.15, -0.1) is 0 Å². The van der Waals surface area contributed by atoms with Gasteiger partial charge < -0.3 is 20.1 Å². The SMILES string of the molecule is COc1ccc(C(Cc2ccc(NC(=O)c3c(Cl)cccc3Cl)nc2)C(=O)O)cc1N(CC(C)C)C(=O)C(C)C. The van der Waals surface area contributed by atoms with Crippen molar-refractivity contribution in [2.45, 2.75) is 40.0 Å². The summed E-state index contributed by atoms with van der Waals surface area (Å²) >= 11 is 12.2. The Morgan fingerprint density at radius 2 is 1.70 bits per heavy atom. The zero-order chi connectivity index (χ0) is 29.6. The van der Waals surface area contributed by atoms with Crippen LogP contribution in [-0.2, 0) is 16.0 Å². The summed E-state index contributed by atoms with van der Waals surface area (Å²) in [5, 5.41) is 13.2. The van der Waals surface area contributed by atoms with Gasteiger partial charge in [-0.25, -0.2) is 4.98 Å². The molecule has 0 bridgehead atoms. The lowest BCUT2D eigenvalue weighted by Gasteiger charge is -2.29. The van der Waals surface area contributed by atoms with Crippen molar-refractivity contribution in [2.75, 3.05) is 23.9 Å². The van der Waals surface area contributed by atoms with E-state index in [2.05, 4.69) is 10.3 Å². The van der Waals surface area contributed by atoms with Crippen LogP contribution in [0.1, 0.15) is 55.1 Å². The molecule has 1 unspecified atom stereocenters. The highest BCUT2D eigenvalue weighted by molar-refractivity contribution is 6.40. The number of benzene rings is 2. The third kappa shape index (κ3) is 7.52. The fourth-order valence-electron chi connectivity index (χ4n) is 4.21. The van der Waals surface area contributed by atoms with E-state index in [9.17, 15) is 19.5 Å². The van der Waals surface area contributed by atoms with Crippen LogP contribution in [0.15, 0.2) is 54.7 Å². The summed E-state index contributed by atoms with van der Waals surface area (Å²) in [6.07, 6.45) is 1.65. The molecule has 0 saturated heterocycles. The molecule has 0 aliphatic heterocycles. The van der Waals surface area contributed by atoms with Crippen molar-refractivity contribution in [3.8, 4) is 5.75 Å². The Labute approximate surface area is 244 Å². The van der Waals surface area contributed by atoms with Gasteiger partial charge in [0.15, 0.2) is 0 Å². The number of carboxylic acids is 1. The highest BCUT2D eigenvalue weighted by Crippen LogP contribution is 2.35. The molecule has 1 aromatic heterocycles. The molecule has 3 aromatic rings. The van der Waals surface area contributed by atoms with Crippen LogP contribution in [0.4, 0.5) is 11.5 Å². The van der Waals surface area contributed by atoms with Crippen molar-refractivity contribution < 1.29 is 24.2 Å². The minimum Gasteiger partial charge on any atom is -0.495 e. The maximum absolute atomic E-state index is 13.1. The first-order valence-corrected chi connectivity index (χ1v) is 13.6. The molecule has 2 aromatic carbocycles. The van der Waals surface area contributed by atoms with Crippen molar-refractivity contribution in [3.63, 3.8) is 0 Å². The van der Waals surface area contributed by atoms with Crippen molar-refractivity contribution >= 4 is 52.5 Å². The van der Waals surface area contributed by atoms with Crippen molar-refractivity contribution in [1.82, 2.24) is 4.98 Å². The highest BCUT2D eigenvalue weighted by atomic mass is 35.5. The second kappa shape index (κ2) is 13.6. The topological polar surface area (TPSA) is 109 Å². The Bertz CT molecular complexity index is 1360. The number of nitrogens with zero attached hydrogens (tertiary/aromatic N) is 2. The molecule has 3 rings (SSSR count). The van der Waals surface area contributed by atoms with Crippen LogP contribution >= 0.6 is 23.2 Å². The lowest BCUT2D eigenvalue weighted by molar-refractivity contribution is -0.138. The molecule has 0 fully saturated rings. The number of hydrogen-bond donors (Lipinski definition) is 2. The van der Waals surface area contributed by atoms with Gasteiger partial charge in [0.2, 0.25) is 5.91 Å². The zero-order valence-corrected chi connectivity index (χ0v) is 24.6. The summed E-state index contributed by atoms with van der Waals surface area (Å²) in [6, 6.07) is 13.2. The summed E-state index contributed by atoms with van der Waals surface area (Å²) in [5.41, 5.74) is 1.85. The van der Waals surface area contributed by atoms with Crippen LogP contribution in [-0.4, -0.2) is 41.5 Å². The normalized spacial score (nSPS) is 11.8. The Morgan fingerprint density at radius 1 is 1.02 bits per heavy atom. The predicted octanol–water partition coefficient (Wildman–Crippen LogP) is 6.71. The molecule has 0 aliphatic rings. The van der Waals surface area contributed by atoms with Gasteiger partial charge >= 0.3 is 5.97 Å². The van der Waals surface area contributed by atoms with Gasteiger partial charge in [0.25, 0.3) is 5.91 Å². The van der Waals surface area contributed by atoms with Crippen molar-refractivity contribution in [3.05, 3.63) is 81.5 Å². The molecule has 0 radical (unpaired) electrons. The molecule has 212 valence electrons. The van der Waals surface area contributed by atoms with E-state index >= 15 is 0 Å². The summed E-state index contributed by atoms with van der Waals surface area (Å²) in [7, 11) is 1.52. The lowest BCUT2D eigenvalue weighted by Crippen LogP contribution is -2.37. The number of amides is 2. The Hall–Kier alpha value is -3.62. The molecule has 1 heterocycles. The number of carbonyl (C=O) groups is 3. The van der Waals surface area contributed by atoms with Gasteiger partial charge in [-0.3, -0.25) is 14.4 Å². The number of pyridine rings is 1. The third-order valence-electron chi connectivity index (χ3n) is 6.20. The number of ether oxygens (including phenoxy) is 1. The molecule has 1 atom stereocenters. The molecule has 0 spiro atoms. The van der Waals surface area contributed by atoms with Gasteiger partial charge in [-0.1, -0.05) is 69.1 Å². The number of halogens is 2. The van der Waals surface area contributed by atoms with E-state index in [-0.39, 0.29) is 45.6 Å². The lowest BCUT2D eigenvalue weighted by atomic mass is 9.91. The van der Waals surface area contributed by atoms with Gasteiger partial charge in [-0.05, 0) is 53.8 Å². The Morgan fingerprint density at radius 3 is 2.23 bits per heavy atom. The van der Waals surface area contributed by atoms with E-state index in [0.29, 0.717) is 29.1 Å². The van der Waals surface area contributed by atoms with Crippen LogP contribution in [0.25, 0.3) is 0 Å². The Balaban J connectivity index is 1.87. The van der Waals surface area contributed by atoms with Crippen LogP contribution < -0.4 is 15.0 Å². The second-order valence-electron chi connectivity index (χ2n) is 10.1. The average Bonchev–Trinajstić information content (AvgIpc) is 2.90. The van der Waals surface area contributed by atoms with Crippen LogP contribution in [0.3, 0.4) is 0 Å². The molecule has 0 saturated carbocycles. The number of anilines is 2. The number of rotatable bonds is 11. The minimum absolute atomic E-state index is 0.0732. The number of methoxy groups -OCH3 is 1. The minimum atomic E-state index is -1.02. The molecule has 2 N–H and O–H groups in total. The largest absolute Gasteiger partial charge is 0.495 e. The first kappa shape index (κ1) is 30.9. The molecule has 10 heteroatoms. The molecule has 2 amide bonds. The zero-order valence-electron chi connectivity index (χ0n) is 23.1. The van der Waals surface area contributed by atoms with E-state index in [1.165, 1.54) is 13.3 Å². The van der Waals surface area contributed by atoms with Gasteiger partial charge in [0, 0.05) is 18.7 Å². The first-order valence-electron chi connectivity index (χ1n) is 12.8. The first-order chi connectivity index (χ1) is 18.9. The number of nitrogens with one attached hydrogen (secondary N) is 1. The summed E-state index contributed by atoms with van der Waals surface area (Å²) in [5.74, 6) is -1.83. The van der Waals surface area contributed by atoms with E-state index in [4.69, 9.17) is 27.9 Å². The number of hydrogen-bond acceptors (Lipinski definition) is 5. The monoisotopic (exact) mass is 585 g/mol. The standard InChI is InChI=1S/C30H33Cl2N3O5/c1-17(2)16-35(29(37)18(3)4)24-14-20(10-11-25(24)40-5)21(30(38)39)13-19-9-12-26(33-15-19)34-28(36)27-22(31)7-6-8-23(27)32/h6-12,14-15,17-18,21H,13,16H2,1-5H3,(H,38,39)(H,33,34,36). The van der Waals surface area contributed by atoms with Gasteiger partial charge in [0.1, 0.15) is 11.6 Å². The fraction of sp³-hybridized carbons (Fsp3) is 0.333. The number of carbonyl (C=O) groups excluding carboxylic acids is 2. The van der Waals surface area contributed by atoms with E-state index in [1.54, 1.807) is 53.4 Å². The number of aromatic nitrogens is 1. The van der Waals surface area contributed by atoms with Crippen LogP contribution in [0, 0.1) is 11.8 Å². The second-order valence-corrected chi connectivity index (χ2v) is 10.9. The van der Waals surface area contributed by atoms with Gasteiger partial charge in [0.05, 0.1) is 34.3 Å². The smallest absolute Gasteiger partial charge is 0.311 e. The molecule has 8 nitrogen and oxygen atoms in total. The molecular formula is C30H33Cl2N3O5. The van der Waals surface area contributed by atoms with E-state index in [1.807, 2.05) is 27.7 Å². The molecular weight excluding hydrogens is 553 g/mol. The Kier molecular flexibility index (Phi) is 10.5. The van der Waals surface area contributed by atoms with E-state index < -0.39 is 17.8 Å². The summed E-state index contributed by atoms with van der Waals surface area (Å²) in [6.45, 7) is 8.14. The van der Waals surface area contributed by atoms with Crippen molar-refractivity contribution in [2.24, 2.45) is 11.8 Å². The van der Waals surface area contributed by atoms with Gasteiger partial charge in [-0.2, -0.15) is 0 Å². The maximum atomic E-state index is 13.1.